The number of nitrogens with zero attached hydrogens (tertiary/aromatic N) is 4. The Morgan fingerprint density at radius 3 is 2.24 bits per heavy atom. The van der Waals surface area contributed by atoms with Crippen molar-refractivity contribution in [2.24, 2.45) is 0 Å². The lowest BCUT2D eigenvalue weighted by molar-refractivity contribution is -0.0440. The quantitative estimate of drug-likeness (QED) is 0.273. The number of nitriles is 1. The molecule has 0 radical (unpaired) electrons. The van der Waals surface area contributed by atoms with Crippen molar-refractivity contribution >= 4 is 25.9 Å². The van der Waals surface area contributed by atoms with E-state index in [1.807, 2.05) is 57.2 Å². The molecule has 0 bridgehead atoms. The van der Waals surface area contributed by atoms with Gasteiger partial charge in [0.25, 0.3) is 0 Å². The Morgan fingerprint density at radius 1 is 0.929 bits per heavy atom. The summed E-state index contributed by atoms with van der Waals surface area (Å²) in [5.41, 5.74) is 2.72. The number of aromatic nitrogens is 2. The van der Waals surface area contributed by atoms with E-state index in [-0.39, 0.29) is 35.1 Å². The van der Waals surface area contributed by atoms with Crippen LogP contribution in [0.2, 0.25) is 0 Å². The van der Waals surface area contributed by atoms with Gasteiger partial charge in [-0.2, -0.15) is 14.7 Å². The van der Waals surface area contributed by atoms with Gasteiger partial charge < -0.3 is 4.74 Å². The lowest BCUT2D eigenvalue weighted by Gasteiger charge is -2.34. The highest BCUT2D eigenvalue weighted by Gasteiger charge is 2.32. The molecule has 1 saturated heterocycles. The maximum atomic E-state index is 13.6. The highest BCUT2D eigenvalue weighted by atomic mass is 32.2. The van der Waals surface area contributed by atoms with Crippen LogP contribution in [0.15, 0.2) is 99.8 Å². The van der Waals surface area contributed by atoms with Gasteiger partial charge >= 0.3 is 0 Å². The van der Waals surface area contributed by atoms with Crippen molar-refractivity contribution in [3.05, 3.63) is 101 Å². The number of hydrogen-bond donors (Lipinski definition) is 0. The van der Waals surface area contributed by atoms with E-state index < -0.39 is 24.8 Å². The normalized spacial score (nSPS) is 18.5. The SMILES string of the molecule is Cc1ccc(S(=O)(=O)C(C#N)=Cc2cn(-c3ccccc3)nc2-c2cccc(S(=O)(=O)N3CC(C)OC(C)C3)c2)cc1. The molecule has 5 rings (SSSR count). The lowest BCUT2D eigenvalue weighted by atomic mass is 10.1. The van der Waals surface area contributed by atoms with E-state index >= 15 is 0 Å². The maximum Gasteiger partial charge on any atom is 0.243 e. The molecule has 216 valence electrons. The Labute approximate surface area is 246 Å². The van der Waals surface area contributed by atoms with Crippen molar-refractivity contribution in [3.8, 4) is 23.0 Å². The molecule has 0 aliphatic carbocycles. The van der Waals surface area contributed by atoms with Gasteiger partial charge in [0, 0.05) is 30.4 Å². The van der Waals surface area contributed by atoms with E-state index in [9.17, 15) is 22.1 Å². The first-order valence-electron chi connectivity index (χ1n) is 13.3. The van der Waals surface area contributed by atoms with Crippen molar-refractivity contribution < 1.29 is 21.6 Å². The van der Waals surface area contributed by atoms with Gasteiger partial charge in [-0.1, -0.05) is 48.0 Å². The number of benzene rings is 3. The van der Waals surface area contributed by atoms with Crippen LogP contribution in [0.5, 0.6) is 0 Å². The van der Waals surface area contributed by atoms with Crippen molar-refractivity contribution in [3.63, 3.8) is 0 Å². The third kappa shape index (κ3) is 5.93. The third-order valence-corrected chi connectivity index (χ3v) is 10.4. The topological polar surface area (TPSA) is 122 Å². The molecule has 42 heavy (non-hydrogen) atoms. The lowest BCUT2D eigenvalue weighted by Crippen LogP contribution is -2.48. The molecule has 2 heterocycles. The second-order valence-electron chi connectivity index (χ2n) is 10.3. The first-order valence-corrected chi connectivity index (χ1v) is 16.3. The molecule has 0 amide bonds. The van der Waals surface area contributed by atoms with Crippen LogP contribution in [0.25, 0.3) is 23.0 Å². The number of allylic oxidation sites excluding steroid dienone is 1. The number of hydrogen-bond acceptors (Lipinski definition) is 7. The Morgan fingerprint density at radius 2 is 1.60 bits per heavy atom. The molecule has 9 nitrogen and oxygen atoms in total. The number of sulfonamides is 1. The van der Waals surface area contributed by atoms with E-state index in [0.29, 0.717) is 22.5 Å². The summed E-state index contributed by atoms with van der Waals surface area (Å²) >= 11 is 0. The summed E-state index contributed by atoms with van der Waals surface area (Å²) in [6.07, 6.45) is 2.41. The summed E-state index contributed by atoms with van der Waals surface area (Å²) in [6, 6.07) is 23.7. The van der Waals surface area contributed by atoms with Crippen LogP contribution >= 0.6 is 0 Å². The second kappa shape index (κ2) is 11.7. The summed E-state index contributed by atoms with van der Waals surface area (Å²) in [7, 11) is -7.98. The van der Waals surface area contributed by atoms with Gasteiger partial charge in [0.15, 0.2) is 0 Å². The second-order valence-corrected chi connectivity index (χ2v) is 14.1. The van der Waals surface area contributed by atoms with Crippen LogP contribution in [0.4, 0.5) is 0 Å². The fourth-order valence-corrected chi connectivity index (χ4v) is 7.65. The molecule has 1 aromatic heterocycles. The zero-order chi connectivity index (χ0) is 30.1. The van der Waals surface area contributed by atoms with Gasteiger partial charge in [0.2, 0.25) is 19.9 Å². The predicted octanol–water partition coefficient (Wildman–Crippen LogP) is 4.98. The monoisotopic (exact) mass is 602 g/mol. The van der Waals surface area contributed by atoms with Crippen molar-refractivity contribution in [2.45, 2.75) is 42.8 Å². The molecule has 0 N–H and O–H groups in total. The molecule has 11 heteroatoms. The molecule has 1 fully saturated rings. The number of ether oxygens (including phenoxy) is 1. The fraction of sp³-hybridized carbons (Fsp3) is 0.226. The van der Waals surface area contributed by atoms with Crippen molar-refractivity contribution in [1.29, 1.82) is 5.26 Å². The van der Waals surface area contributed by atoms with Crippen LogP contribution in [-0.2, 0) is 24.6 Å². The molecular formula is C31H30N4O5S2. The van der Waals surface area contributed by atoms with Gasteiger partial charge in [-0.15, -0.1) is 0 Å². The molecule has 0 spiro atoms. The smallest absolute Gasteiger partial charge is 0.243 e. The highest BCUT2D eigenvalue weighted by Crippen LogP contribution is 2.31. The van der Waals surface area contributed by atoms with Crippen LogP contribution in [-0.4, -0.2) is 56.2 Å². The van der Waals surface area contributed by atoms with Crippen LogP contribution < -0.4 is 0 Å². The number of rotatable bonds is 7. The van der Waals surface area contributed by atoms with Gasteiger partial charge in [0.1, 0.15) is 16.7 Å². The first-order chi connectivity index (χ1) is 20.0. The highest BCUT2D eigenvalue weighted by molar-refractivity contribution is 7.95. The maximum absolute atomic E-state index is 13.6. The number of morpholine rings is 1. The Bertz CT molecular complexity index is 1880. The Kier molecular flexibility index (Phi) is 8.17. The standard InChI is InChI=1S/C31H30N4O5S2/c1-22-12-14-28(15-13-22)41(36,37)30(18-32)17-26-21-35(27-9-5-4-6-10-27)33-31(26)25-8-7-11-29(16-25)42(38,39)34-19-23(2)40-24(3)20-34/h4-17,21,23-24H,19-20H2,1-3H3. The summed E-state index contributed by atoms with van der Waals surface area (Å²) in [5.74, 6) is 0. The number of para-hydroxylation sites is 1. The zero-order valence-corrected chi connectivity index (χ0v) is 25.0. The molecule has 1 aliphatic rings. The summed E-state index contributed by atoms with van der Waals surface area (Å²) in [6.45, 7) is 5.98. The minimum absolute atomic E-state index is 0.0000372. The largest absolute Gasteiger partial charge is 0.373 e. The molecule has 4 aromatic rings. The molecule has 0 saturated carbocycles. The number of sulfone groups is 1. The summed E-state index contributed by atoms with van der Waals surface area (Å²) in [4.78, 5) is -0.376. The van der Waals surface area contributed by atoms with Crippen LogP contribution in [0.1, 0.15) is 25.0 Å². The molecular weight excluding hydrogens is 572 g/mol. The zero-order valence-electron chi connectivity index (χ0n) is 23.4. The Hall–Kier alpha value is -4.08. The number of aryl methyl sites for hydroxylation is 1. The van der Waals surface area contributed by atoms with Crippen molar-refractivity contribution in [2.75, 3.05) is 13.1 Å². The third-order valence-electron chi connectivity index (χ3n) is 6.91. The van der Waals surface area contributed by atoms with E-state index in [0.717, 1.165) is 5.56 Å². The Balaban J connectivity index is 1.63. The van der Waals surface area contributed by atoms with Gasteiger partial charge in [-0.3, -0.25) is 0 Å². The van der Waals surface area contributed by atoms with E-state index in [1.165, 1.54) is 34.6 Å². The van der Waals surface area contributed by atoms with Gasteiger partial charge in [0.05, 0.1) is 27.7 Å². The fourth-order valence-electron chi connectivity index (χ4n) is 4.87. The van der Waals surface area contributed by atoms with Crippen LogP contribution in [0.3, 0.4) is 0 Å². The van der Waals surface area contributed by atoms with Gasteiger partial charge in [-0.25, -0.2) is 21.5 Å². The van der Waals surface area contributed by atoms with Crippen molar-refractivity contribution in [1.82, 2.24) is 14.1 Å². The average Bonchev–Trinajstić information content (AvgIpc) is 3.40. The molecule has 1 aliphatic heterocycles. The van der Waals surface area contributed by atoms with E-state index in [4.69, 9.17) is 9.84 Å². The average molecular weight is 603 g/mol. The van der Waals surface area contributed by atoms with Gasteiger partial charge in [-0.05, 0) is 63.2 Å². The molecule has 2 atom stereocenters. The summed E-state index contributed by atoms with van der Waals surface area (Å²) < 4.78 is 62.7. The molecule has 3 aromatic carbocycles. The first kappa shape index (κ1) is 29.4. The minimum atomic E-state index is -4.13. The minimum Gasteiger partial charge on any atom is -0.373 e. The predicted molar refractivity (Wildman–Crippen MR) is 160 cm³/mol. The molecule has 2 unspecified atom stereocenters. The van der Waals surface area contributed by atoms with E-state index in [2.05, 4.69) is 0 Å². The summed E-state index contributed by atoms with van der Waals surface area (Å²) in [5, 5.41) is 14.6. The van der Waals surface area contributed by atoms with E-state index in [1.54, 1.807) is 35.1 Å². The van der Waals surface area contributed by atoms with Crippen LogP contribution in [0, 0.1) is 18.3 Å².